The third kappa shape index (κ3) is 2.90. The Labute approximate surface area is 128 Å². The van der Waals surface area contributed by atoms with E-state index in [1.165, 1.54) is 11.8 Å². The van der Waals surface area contributed by atoms with Gasteiger partial charge in [-0.05, 0) is 35.5 Å². The summed E-state index contributed by atoms with van der Waals surface area (Å²) in [6, 6.07) is 3.50. The van der Waals surface area contributed by atoms with Gasteiger partial charge in [-0.15, -0.1) is 0 Å². The summed E-state index contributed by atoms with van der Waals surface area (Å²) < 4.78 is 1.64. The molecule has 0 unspecified atom stereocenters. The molecule has 0 aliphatic heterocycles. The number of rotatable bonds is 3. The molecule has 0 N–H and O–H groups in total. The predicted octanol–water partition coefficient (Wildman–Crippen LogP) is 2.91. The highest BCUT2D eigenvalue weighted by molar-refractivity contribution is 7.99. The lowest BCUT2D eigenvalue weighted by Crippen LogP contribution is -2.02. The molecule has 0 aliphatic rings. The zero-order valence-corrected chi connectivity index (χ0v) is 12.1. The first-order chi connectivity index (χ1) is 9.72. The lowest BCUT2D eigenvalue weighted by atomic mass is 10.5. The molecule has 0 bridgehead atoms. The molecule has 0 saturated carbocycles. The fourth-order valence-electron chi connectivity index (χ4n) is 1.39. The second-order valence-electron chi connectivity index (χ2n) is 3.55. The van der Waals surface area contributed by atoms with Crippen LogP contribution >= 0.6 is 35.0 Å². The summed E-state index contributed by atoms with van der Waals surface area (Å²) in [6.45, 7) is 0. The molecule has 0 atom stereocenters. The van der Waals surface area contributed by atoms with Crippen molar-refractivity contribution in [3.05, 3.63) is 47.4 Å². The van der Waals surface area contributed by atoms with E-state index in [4.69, 9.17) is 23.2 Å². The van der Waals surface area contributed by atoms with Crippen molar-refractivity contribution in [3.63, 3.8) is 0 Å². The van der Waals surface area contributed by atoms with E-state index in [0.717, 1.165) is 0 Å². The first-order valence-electron chi connectivity index (χ1n) is 5.40. The molecule has 6 nitrogen and oxygen atoms in total. The average molecular weight is 325 g/mol. The van der Waals surface area contributed by atoms with Crippen LogP contribution in [0.15, 0.2) is 47.2 Å². The molecule has 3 heterocycles. The molecule has 0 aromatic carbocycles. The van der Waals surface area contributed by atoms with Crippen LogP contribution in [0.5, 0.6) is 0 Å². The van der Waals surface area contributed by atoms with Crippen molar-refractivity contribution in [1.29, 1.82) is 0 Å². The summed E-state index contributed by atoms with van der Waals surface area (Å²) in [5, 5.41) is 1.64. The highest BCUT2D eigenvalue weighted by Crippen LogP contribution is 2.29. The fraction of sp³-hybridized carbons (Fsp3) is 0. The van der Waals surface area contributed by atoms with E-state index in [1.54, 1.807) is 41.6 Å². The van der Waals surface area contributed by atoms with Crippen LogP contribution in [0.4, 0.5) is 0 Å². The van der Waals surface area contributed by atoms with Gasteiger partial charge in [0.25, 0.3) is 0 Å². The molecule has 0 radical (unpaired) electrons. The number of aromatic nitrogens is 6. The normalized spacial score (nSPS) is 10.7. The van der Waals surface area contributed by atoms with Crippen LogP contribution in [-0.4, -0.2) is 29.5 Å². The van der Waals surface area contributed by atoms with Crippen LogP contribution < -0.4 is 0 Å². The molecule has 3 aromatic rings. The number of hydrogen-bond acceptors (Lipinski definition) is 6. The van der Waals surface area contributed by atoms with Gasteiger partial charge in [0.15, 0.2) is 5.16 Å². The Morgan fingerprint density at radius 2 is 2.00 bits per heavy atom. The maximum absolute atomic E-state index is 6.05. The van der Waals surface area contributed by atoms with Gasteiger partial charge in [-0.2, -0.15) is 15.0 Å². The number of imidazole rings is 1. The number of hydrogen-bond donors (Lipinski definition) is 0. The molecule has 20 heavy (non-hydrogen) atoms. The summed E-state index contributed by atoms with van der Waals surface area (Å²) >= 11 is 13.2. The van der Waals surface area contributed by atoms with Gasteiger partial charge in [0.2, 0.25) is 11.2 Å². The van der Waals surface area contributed by atoms with E-state index in [-0.39, 0.29) is 5.28 Å². The molecular weight excluding hydrogens is 319 g/mol. The van der Waals surface area contributed by atoms with Gasteiger partial charge in [-0.3, -0.25) is 4.57 Å². The number of pyridine rings is 1. The van der Waals surface area contributed by atoms with Gasteiger partial charge in [0.05, 0.1) is 5.02 Å². The van der Waals surface area contributed by atoms with Crippen molar-refractivity contribution in [2.75, 3.05) is 0 Å². The summed E-state index contributed by atoms with van der Waals surface area (Å²) in [4.78, 5) is 20.5. The monoisotopic (exact) mass is 324 g/mol. The Morgan fingerprint density at radius 1 is 1.10 bits per heavy atom. The lowest BCUT2D eigenvalue weighted by molar-refractivity contribution is 0.822. The Bertz CT molecular complexity index is 734. The van der Waals surface area contributed by atoms with Crippen molar-refractivity contribution in [2.24, 2.45) is 0 Å². The molecule has 0 amide bonds. The largest absolute Gasteiger partial charge is 0.274 e. The minimum Gasteiger partial charge on any atom is -0.274 e. The van der Waals surface area contributed by atoms with E-state index >= 15 is 0 Å². The maximum Gasteiger partial charge on any atom is 0.240 e. The van der Waals surface area contributed by atoms with Crippen molar-refractivity contribution in [1.82, 2.24) is 29.5 Å². The first kappa shape index (κ1) is 13.3. The summed E-state index contributed by atoms with van der Waals surface area (Å²) in [5.74, 6) is 0.386. The van der Waals surface area contributed by atoms with E-state index in [0.29, 0.717) is 21.2 Å². The summed E-state index contributed by atoms with van der Waals surface area (Å²) in [7, 11) is 0. The third-order valence-electron chi connectivity index (χ3n) is 2.22. The molecule has 0 fully saturated rings. The maximum atomic E-state index is 6.05. The van der Waals surface area contributed by atoms with E-state index in [2.05, 4.69) is 24.9 Å². The number of halogens is 2. The Hall–Kier alpha value is -1.70. The van der Waals surface area contributed by atoms with Crippen LogP contribution in [0.2, 0.25) is 10.3 Å². The molecule has 0 saturated heterocycles. The van der Waals surface area contributed by atoms with Crippen LogP contribution in [0.25, 0.3) is 5.95 Å². The van der Waals surface area contributed by atoms with Crippen molar-refractivity contribution in [2.45, 2.75) is 10.2 Å². The van der Waals surface area contributed by atoms with Crippen molar-refractivity contribution < 1.29 is 0 Å². The second-order valence-corrected chi connectivity index (χ2v) is 5.25. The Morgan fingerprint density at radius 3 is 2.75 bits per heavy atom. The van der Waals surface area contributed by atoms with Gasteiger partial charge in [0, 0.05) is 18.6 Å². The van der Waals surface area contributed by atoms with Crippen molar-refractivity contribution >= 4 is 35.0 Å². The first-order valence-corrected chi connectivity index (χ1v) is 6.98. The molecule has 3 aromatic heterocycles. The summed E-state index contributed by atoms with van der Waals surface area (Å²) in [6.07, 6.45) is 6.57. The molecule has 0 aliphatic carbocycles. The van der Waals surface area contributed by atoms with Gasteiger partial charge >= 0.3 is 0 Å². The van der Waals surface area contributed by atoms with Crippen LogP contribution in [0.1, 0.15) is 0 Å². The smallest absolute Gasteiger partial charge is 0.240 e. The molecule has 3 rings (SSSR count). The van der Waals surface area contributed by atoms with Gasteiger partial charge in [-0.1, -0.05) is 11.6 Å². The van der Waals surface area contributed by atoms with Gasteiger partial charge < -0.3 is 0 Å². The Kier molecular flexibility index (Phi) is 3.81. The lowest BCUT2D eigenvalue weighted by Gasteiger charge is -2.04. The van der Waals surface area contributed by atoms with Crippen LogP contribution in [0.3, 0.4) is 0 Å². The topological polar surface area (TPSA) is 69.4 Å². The van der Waals surface area contributed by atoms with E-state index < -0.39 is 0 Å². The zero-order chi connectivity index (χ0) is 13.9. The predicted molar refractivity (Wildman–Crippen MR) is 75.3 cm³/mol. The minimum absolute atomic E-state index is 0.0956. The summed E-state index contributed by atoms with van der Waals surface area (Å²) in [5.41, 5.74) is 0. The van der Waals surface area contributed by atoms with Crippen LogP contribution in [0, 0.1) is 0 Å². The van der Waals surface area contributed by atoms with E-state index in [9.17, 15) is 0 Å². The number of nitrogens with zero attached hydrogens (tertiary/aromatic N) is 6. The Balaban J connectivity index is 1.97. The van der Waals surface area contributed by atoms with Gasteiger partial charge in [-0.25, -0.2) is 9.97 Å². The molecule has 100 valence electrons. The fourth-order valence-corrected chi connectivity index (χ4v) is 2.55. The minimum atomic E-state index is 0.0956. The van der Waals surface area contributed by atoms with Gasteiger partial charge in [0.1, 0.15) is 11.4 Å². The SMILES string of the molecule is Clc1nc(Sc2ncccc2Cl)nc(-n2ccnc2)n1. The second kappa shape index (κ2) is 5.74. The molecule has 0 spiro atoms. The average Bonchev–Trinajstić information content (AvgIpc) is 2.95. The highest BCUT2D eigenvalue weighted by Gasteiger charge is 2.10. The van der Waals surface area contributed by atoms with E-state index in [1.807, 2.05) is 0 Å². The highest BCUT2D eigenvalue weighted by atomic mass is 35.5. The quantitative estimate of drug-likeness (QED) is 0.737. The zero-order valence-electron chi connectivity index (χ0n) is 9.81. The molecular formula is C11H6Cl2N6S. The van der Waals surface area contributed by atoms with Crippen LogP contribution in [-0.2, 0) is 0 Å². The van der Waals surface area contributed by atoms with Crippen molar-refractivity contribution in [3.8, 4) is 5.95 Å². The third-order valence-corrected chi connectivity index (χ3v) is 3.69. The standard InChI is InChI=1S/C11H6Cl2N6S/c12-7-2-1-3-15-8(7)20-11-17-9(13)16-10(18-11)19-5-4-14-6-19/h1-6H. The molecule has 9 heteroatoms.